The highest BCUT2D eigenvalue weighted by molar-refractivity contribution is 7.22. The molecule has 3 aromatic rings. The summed E-state index contributed by atoms with van der Waals surface area (Å²) in [6.45, 7) is 6.88. The van der Waals surface area contributed by atoms with Crippen LogP contribution in [0.5, 0.6) is 0 Å². The van der Waals surface area contributed by atoms with Crippen LogP contribution in [0.25, 0.3) is 10.2 Å². The molecule has 7 heteroatoms. The molecule has 0 unspecified atom stereocenters. The third kappa shape index (κ3) is 3.90. The molecule has 1 aliphatic heterocycles. The van der Waals surface area contributed by atoms with Crippen LogP contribution in [0.2, 0.25) is 0 Å². The van der Waals surface area contributed by atoms with Crippen LogP contribution in [0.3, 0.4) is 0 Å². The third-order valence-corrected chi connectivity index (χ3v) is 6.24. The van der Waals surface area contributed by atoms with Gasteiger partial charge in [-0.1, -0.05) is 36.3 Å². The third-order valence-electron chi connectivity index (χ3n) is 5.15. The number of aryl methyl sites for hydroxylation is 1. The van der Waals surface area contributed by atoms with Crippen molar-refractivity contribution >= 4 is 32.7 Å². The maximum Gasteiger partial charge on any atom is 0.358 e. The first-order valence-electron chi connectivity index (χ1n) is 10.0. The zero-order valence-electron chi connectivity index (χ0n) is 16.5. The van der Waals surface area contributed by atoms with Gasteiger partial charge in [0.1, 0.15) is 0 Å². The van der Waals surface area contributed by atoms with E-state index >= 15 is 0 Å². The molecule has 0 saturated carbocycles. The van der Waals surface area contributed by atoms with Crippen LogP contribution in [0.15, 0.2) is 24.3 Å². The molecule has 2 aromatic heterocycles. The smallest absolute Gasteiger partial charge is 0.358 e. The average molecular weight is 399 g/mol. The Balaban J connectivity index is 1.61. The van der Waals surface area contributed by atoms with E-state index in [4.69, 9.17) is 9.72 Å². The number of fused-ring (bicyclic) bond motifs is 1. The van der Waals surface area contributed by atoms with Crippen LogP contribution in [0.4, 0.5) is 5.13 Å². The van der Waals surface area contributed by atoms with Crippen molar-refractivity contribution in [3.05, 3.63) is 41.2 Å². The molecule has 1 aliphatic rings. The van der Waals surface area contributed by atoms with E-state index in [-0.39, 0.29) is 5.97 Å². The largest absolute Gasteiger partial charge is 0.461 e. The second-order valence-electron chi connectivity index (χ2n) is 7.21. The fourth-order valence-corrected chi connectivity index (χ4v) is 4.72. The number of nitrogens with zero attached hydrogens (tertiary/aromatic N) is 4. The van der Waals surface area contributed by atoms with Crippen molar-refractivity contribution in [1.82, 2.24) is 14.8 Å². The Kier molecular flexibility index (Phi) is 5.62. The Labute approximate surface area is 169 Å². The highest BCUT2D eigenvalue weighted by atomic mass is 32.1. The number of thiazole rings is 1. The second-order valence-corrected chi connectivity index (χ2v) is 8.22. The molecule has 6 nitrogen and oxygen atoms in total. The Morgan fingerprint density at radius 2 is 2.00 bits per heavy atom. The number of anilines is 1. The fourth-order valence-electron chi connectivity index (χ4n) is 3.66. The van der Waals surface area contributed by atoms with E-state index in [2.05, 4.69) is 28.2 Å². The van der Waals surface area contributed by atoms with Gasteiger partial charge in [-0.25, -0.2) is 9.78 Å². The van der Waals surface area contributed by atoms with Gasteiger partial charge < -0.3 is 9.64 Å². The van der Waals surface area contributed by atoms with E-state index in [0.29, 0.717) is 18.8 Å². The molecule has 1 saturated heterocycles. The van der Waals surface area contributed by atoms with Gasteiger partial charge in [0.25, 0.3) is 0 Å². The quantitative estimate of drug-likeness (QED) is 0.596. The maximum absolute atomic E-state index is 12.0. The predicted molar refractivity (Wildman–Crippen MR) is 112 cm³/mol. The van der Waals surface area contributed by atoms with E-state index in [1.807, 2.05) is 11.6 Å². The summed E-state index contributed by atoms with van der Waals surface area (Å²) in [4.78, 5) is 19.4. The molecular formula is C21H26N4O2S. The van der Waals surface area contributed by atoms with Crippen LogP contribution < -0.4 is 4.90 Å². The van der Waals surface area contributed by atoms with Crippen molar-refractivity contribution in [2.24, 2.45) is 0 Å². The molecular weight excluding hydrogens is 372 g/mol. The molecule has 148 valence electrons. The Morgan fingerprint density at radius 1 is 1.21 bits per heavy atom. The van der Waals surface area contributed by atoms with Gasteiger partial charge in [0, 0.05) is 24.3 Å². The van der Waals surface area contributed by atoms with Crippen molar-refractivity contribution in [1.29, 1.82) is 0 Å². The summed E-state index contributed by atoms with van der Waals surface area (Å²) >= 11 is 1.77. The summed E-state index contributed by atoms with van der Waals surface area (Å²) in [6.07, 6.45) is 5.11. The lowest BCUT2D eigenvalue weighted by Gasteiger charge is -2.18. The molecule has 28 heavy (non-hydrogen) atoms. The second kappa shape index (κ2) is 8.31. The number of hydrogen-bond donors (Lipinski definition) is 0. The SMILES string of the molecule is CCOC(=O)c1cc(C)n(Cc2cccc3sc(N4CCCCCC4)nc23)n1. The molecule has 0 spiro atoms. The summed E-state index contributed by atoms with van der Waals surface area (Å²) in [5.74, 6) is -0.375. The van der Waals surface area contributed by atoms with Gasteiger partial charge in [-0.2, -0.15) is 5.10 Å². The van der Waals surface area contributed by atoms with Gasteiger partial charge in [-0.3, -0.25) is 4.68 Å². The summed E-state index contributed by atoms with van der Waals surface area (Å²) < 4.78 is 8.12. The van der Waals surface area contributed by atoms with E-state index in [9.17, 15) is 4.79 Å². The van der Waals surface area contributed by atoms with Gasteiger partial charge in [0.05, 0.1) is 23.4 Å². The number of carbonyl (C=O) groups is 1. The molecule has 0 radical (unpaired) electrons. The number of rotatable bonds is 5. The molecule has 1 aromatic carbocycles. The summed E-state index contributed by atoms with van der Waals surface area (Å²) in [7, 11) is 0. The number of hydrogen-bond acceptors (Lipinski definition) is 6. The van der Waals surface area contributed by atoms with E-state index in [0.717, 1.165) is 35.0 Å². The minimum Gasteiger partial charge on any atom is -0.461 e. The van der Waals surface area contributed by atoms with Crippen molar-refractivity contribution < 1.29 is 9.53 Å². The highest BCUT2D eigenvalue weighted by Crippen LogP contribution is 2.32. The summed E-state index contributed by atoms with van der Waals surface area (Å²) in [5.41, 5.74) is 3.45. The average Bonchev–Trinajstić information content (AvgIpc) is 3.17. The number of para-hydroxylation sites is 1. The van der Waals surface area contributed by atoms with Gasteiger partial charge in [0.2, 0.25) is 0 Å². The van der Waals surface area contributed by atoms with E-state index < -0.39 is 0 Å². The molecule has 0 N–H and O–H groups in total. The van der Waals surface area contributed by atoms with E-state index in [1.54, 1.807) is 24.3 Å². The lowest BCUT2D eigenvalue weighted by Crippen LogP contribution is -2.23. The number of carbonyl (C=O) groups excluding carboxylic acids is 1. The number of benzene rings is 1. The topological polar surface area (TPSA) is 60.2 Å². The first-order valence-corrected chi connectivity index (χ1v) is 10.8. The predicted octanol–water partition coefficient (Wildman–Crippen LogP) is 4.41. The molecule has 0 atom stereocenters. The van der Waals surface area contributed by atoms with Crippen molar-refractivity contribution in [3.8, 4) is 0 Å². The van der Waals surface area contributed by atoms with Crippen molar-refractivity contribution in [3.63, 3.8) is 0 Å². The molecule has 1 fully saturated rings. The van der Waals surface area contributed by atoms with Crippen LogP contribution in [0.1, 0.15) is 54.4 Å². The lowest BCUT2D eigenvalue weighted by atomic mass is 10.2. The summed E-state index contributed by atoms with van der Waals surface area (Å²) in [6, 6.07) is 8.09. The van der Waals surface area contributed by atoms with Crippen LogP contribution in [-0.4, -0.2) is 40.4 Å². The van der Waals surface area contributed by atoms with Gasteiger partial charge in [-0.15, -0.1) is 0 Å². The first-order chi connectivity index (χ1) is 13.7. The lowest BCUT2D eigenvalue weighted by molar-refractivity contribution is 0.0518. The van der Waals surface area contributed by atoms with Crippen molar-refractivity contribution in [2.45, 2.75) is 46.1 Å². The van der Waals surface area contributed by atoms with Gasteiger partial charge in [-0.05, 0) is 38.8 Å². The molecule has 0 aliphatic carbocycles. The molecule has 0 amide bonds. The molecule has 0 bridgehead atoms. The normalized spacial score (nSPS) is 15.0. The van der Waals surface area contributed by atoms with Crippen LogP contribution in [0, 0.1) is 6.92 Å². The van der Waals surface area contributed by atoms with Gasteiger partial charge in [0.15, 0.2) is 10.8 Å². The number of ether oxygens (including phenoxy) is 1. The van der Waals surface area contributed by atoms with Crippen LogP contribution in [-0.2, 0) is 11.3 Å². The Hall–Kier alpha value is -2.41. The Bertz CT molecular complexity index is 970. The molecule has 4 rings (SSSR count). The van der Waals surface area contributed by atoms with Crippen molar-refractivity contribution in [2.75, 3.05) is 24.6 Å². The van der Waals surface area contributed by atoms with Gasteiger partial charge >= 0.3 is 5.97 Å². The standard InChI is InChI=1S/C21H26N4O2S/c1-3-27-20(26)17-13-15(2)25(23-17)14-16-9-8-10-18-19(16)22-21(28-18)24-11-6-4-5-7-12-24/h8-10,13H,3-7,11-12,14H2,1-2H3. The monoisotopic (exact) mass is 398 g/mol. The number of esters is 1. The zero-order valence-corrected chi connectivity index (χ0v) is 17.3. The minimum atomic E-state index is -0.375. The number of aromatic nitrogens is 3. The molecule has 3 heterocycles. The maximum atomic E-state index is 12.0. The first kappa shape index (κ1) is 18.9. The fraction of sp³-hybridized carbons (Fsp3) is 0.476. The van der Waals surface area contributed by atoms with E-state index in [1.165, 1.54) is 30.4 Å². The summed E-state index contributed by atoms with van der Waals surface area (Å²) in [5, 5.41) is 5.57. The Morgan fingerprint density at radius 3 is 2.75 bits per heavy atom. The highest BCUT2D eigenvalue weighted by Gasteiger charge is 2.17. The van der Waals surface area contributed by atoms with Crippen LogP contribution >= 0.6 is 11.3 Å². The minimum absolute atomic E-state index is 0.349. The zero-order chi connectivity index (χ0) is 19.5.